The summed E-state index contributed by atoms with van der Waals surface area (Å²) in [6, 6.07) is 20.4. The van der Waals surface area contributed by atoms with Crippen molar-refractivity contribution in [2.75, 3.05) is 37.6 Å². The van der Waals surface area contributed by atoms with Gasteiger partial charge in [0.1, 0.15) is 23.4 Å². The number of fused-ring (bicyclic) bond motifs is 3. The number of nitrogens with zero attached hydrogens (tertiary/aromatic N) is 4. The van der Waals surface area contributed by atoms with Crippen LogP contribution in [0.2, 0.25) is 0 Å². The Morgan fingerprint density at radius 1 is 0.754 bits per heavy atom. The number of halogens is 2. The van der Waals surface area contributed by atoms with Crippen molar-refractivity contribution in [3.8, 4) is 5.75 Å². The molecule has 0 radical (unpaired) electrons. The van der Waals surface area contributed by atoms with Crippen molar-refractivity contribution in [1.82, 2.24) is 20.0 Å². The Morgan fingerprint density at radius 3 is 2.03 bits per heavy atom. The molecule has 0 unspecified atom stereocenters. The highest BCUT2D eigenvalue weighted by molar-refractivity contribution is 6.23. The molecule has 3 atom stereocenters. The van der Waals surface area contributed by atoms with Crippen LogP contribution in [-0.2, 0) is 33.9 Å². The summed E-state index contributed by atoms with van der Waals surface area (Å²) in [5, 5.41) is 12.4. The van der Waals surface area contributed by atoms with Gasteiger partial charge in [-0.1, -0.05) is 36.4 Å². The second-order valence-corrected chi connectivity index (χ2v) is 17.9. The minimum absolute atomic E-state index is 0.0294. The lowest BCUT2D eigenvalue weighted by atomic mass is 9.69. The maximum Gasteiger partial charge on any atom is 0.262 e. The summed E-state index contributed by atoms with van der Waals surface area (Å²) in [6.07, 6.45) is 5.00. The van der Waals surface area contributed by atoms with E-state index in [2.05, 4.69) is 10.2 Å². The van der Waals surface area contributed by atoms with Gasteiger partial charge in [0.2, 0.25) is 17.7 Å². The minimum Gasteiger partial charge on any atom is -0.508 e. The van der Waals surface area contributed by atoms with Crippen LogP contribution in [0.3, 0.4) is 0 Å². The Kier molecular flexibility index (Phi) is 9.77. The first-order valence-corrected chi connectivity index (χ1v) is 21.4. The second kappa shape index (κ2) is 15.2. The van der Waals surface area contributed by atoms with Crippen LogP contribution >= 0.6 is 0 Å². The Balaban J connectivity index is 0.754. The molecule has 2 N–H and O–H groups in total. The highest BCUT2D eigenvalue weighted by atomic mass is 19.1. The van der Waals surface area contributed by atoms with Gasteiger partial charge in [0, 0.05) is 62.9 Å². The van der Waals surface area contributed by atoms with Crippen LogP contribution in [0.1, 0.15) is 111 Å². The first kappa shape index (κ1) is 39.2. The lowest BCUT2D eigenvalue weighted by Gasteiger charge is -2.47. The fourth-order valence-electron chi connectivity index (χ4n) is 11.1. The molecule has 1 spiro atoms. The fourth-order valence-corrected chi connectivity index (χ4v) is 11.1. The largest absolute Gasteiger partial charge is 0.508 e. The molecule has 1 aliphatic carbocycles. The number of piperidine rings is 3. The van der Waals surface area contributed by atoms with Crippen molar-refractivity contribution in [3.05, 3.63) is 129 Å². The predicted molar refractivity (Wildman–Crippen MR) is 221 cm³/mol. The average molecular weight is 828 g/mol. The fraction of sp³-hybridized carbons (Fsp3) is 0.396. The number of anilines is 1. The van der Waals surface area contributed by atoms with Crippen LogP contribution in [0, 0.1) is 17.0 Å². The number of aryl methyl sites for hydroxylation is 1. The molecule has 4 aromatic rings. The van der Waals surface area contributed by atoms with Gasteiger partial charge in [-0.3, -0.25) is 39.1 Å². The number of likely N-dealkylation sites (tertiary alicyclic amines) is 1. The smallest absolute Gasteiger partial charge is 0.262 e. The summed E-state index contributed by atoms with van der Waals surface area (Å²) in [6.45, 7) is 3.71. The zero-order valence-corrected chi connectivity index (χ0v) is 33.8. The lowest BCUT2D eigenvalue weighted by Crippen LogP contribution is -2.54. The van der Waals surface area contributed by atoms with Crippen LogP contribution in [0.5, 0.6) is 5.75 Å². The normalized spacial score (nSPS) is 23.6. The first-order chi connectivity index (χ1) is 29.4. The maximum atomic E-state index is 16.4. The number of hydrogen-bond donors (Lipinski definition) is 2. The summed E-state index contributed by atoms with van der Waals surface area (Å²) in [4.78, 5) is 71.3. The van der Waals surface area contributed by atoms with Gasteiger partial charge in [0.15, 0.2) is 0 Å². The molecule has 0 bridgehead atoms. The predicted octanol–water partition coefficient (Wildman–Crippen LogP) is 6.16. The minimum atomic E-state index is -1.02. The molecule has 3 fully saturated rings. The zero-order valence-electron chi connectivity index (χ0n) is 33.8. The van der Waals surface area contributed by atoms with Gasteiger partial charge >= 0.3 is 0 Å². The van der Waals surface area contributed by atoms with Gasteiger partial charge in [-0.05, 0) is 120 Å². The summed E-state index contributed by atoms with van der Waals surface area (Å²) in [7, 11) is 0. The molecule has 10 rings (SSSR count). The van der Waals surface area contributed by atoms with Crippen molar-refractivity contribution >= 4 is 35.2 Å². The molecule has 61 heavy (non-hydrogen) atoms. The van der Waals surface area contributed by atoms with Gasteiger partial charge in [-0.25, -0.2) is 8.78 Å². The summed E-state index contributed by atoms with van der Waals surface area (Å²) < 4.78 is 32.8. The van der Waals surface area contributed by atoms with Crippen LogP contribution in [-0.4, -0.2) is 88.1 Å². The molecule has 11 nitrogen and oxygen atoms in total. The molecule has 5 aliphatic heterocycles. The molecule has 5 amide bonds. The number of hydrogen-bond acceptors (Lipinski definition) is 8. The Labute approximate surface area is 352 Å². The van der Waals surface area contributed by atoms with Gasteiger partial charge in [0.25, 0.3) is 11.8 Å². The molecule has 6 aliphatic rings. The number of rotatable bonds is 6. The van der Waals surface area contributed by atoms with Crippen molar-refractivity contribution < 1.29 is 37.9 Å². The summed E-state index contributed by atoms with van der Waals surface area (Å²) >= 11 is 0. The number of amides is 5. The van der Waals surface area contributed by atoms with E-state index >= 15 is 8.78 Å². The molecule has 4 aromatic carbocycles. The number of carbonyl (C=O) groups excluding carboxylic acids is 5. The van der Waals surface area contributed by atoms with Crippen molar-refractivity contribution in [1.29, 1.82) is 0 Å². The Hall–Kier alpha value is -5.95. The standard InChI is InChI=1S/C48H47F2N5O6/c49-38-23-32(24-39(50)44(38)43-34(28-4-2-1-3-5-28)8-6-29-20-33(56)7-9-35(29)43)53-16-12-48(13-17-53)14-18-54(19-15-48)42(58)27-52-25-30-21-36-37(22-31(30)26-52)47(61)55(46(36)60)40-10-11-41(57)51-45(40)59/h1-5,7,9,20-24,34,40,43,56H,6,8,10-19,25-27H2,(H,51,57,59)/t34-,40-,43+/m1/s1. The molecule has 314 valence electrons. The van der Waals surface area contributed by atoms with E-state index in [0.29, 0.717) is 57.8 Å². The van der Waals surface area contributed by atoms with Crippen molar-refractivity contribution in [3.63, 3.8) is 0 Å². The van der Waals surface area contributed by atoms with E-state index in [4.69, 9.17) is 0 Å². The number of nitrogens with one attached hydrogen (secondary N) is 1. The van der Waals surface area contributed by atoms with Gasteiger partial charge in [0.05, 0.1) is 17.7 Å². The van der Waals surface area contributed by atoms with E-state index in [1.807, 2.05) is 46.2 Å². The summed E-state index contributed by atoms with van der Waals surface area (Å²) in [5.74, 6) is -3.74. The van der Waals surface area contributed by atoms with E-state index in [1.54, 1.807) is 24.3 Å². The van der Waals surface area contributed by atoms with Gasteiger partial charge in [-0.15, -0.1) is 0 Å². The van der Waals surface area contributed by atoms with Crippen LogP contribution in [0.4, 0.5) is 14.5 Å². The van der Waals surface area contributed by atoms with E-state index in [9.17, 15) is 29.1 Å². The average Bonchev–Trinajstić information content (AvgIpc) is 3.75. The third-order valence-electron chi connectivity index (χ3n) is 14.5. The molecule has 3 saturated heterocycles. The quantitative estimate of drug-likeness (QED) is 0.221. The van der Waals surface area contributed by atoms with E-state index in [-0.39, 0.29) is 59.1 Å². The zero-order chi connectivity index (χ0) is 42.2. The molecular weight excluding hydrogens is 781 g/mol. The maximum absolute atomic E-state index is 16.4. The van der Waals surface area contributed by atoms with E-state index in [0.717, 1.165) is 58.4 Å². The van der Waals surface area contributed by atoms with Crippen molar-refractivity contribution in [2.45, 2.75) is 82.3 Å². The SMILES string of the molecule is O=C1CC[C@@H](N2C(=O)c3cc4c(cc3C2=O)CN(CC(=O)N2CCC3(CC2)CCN(c2cc(F)c([C@@H]5c6ccc(O)cc6CC[C@@H]5c5ccccc5)c(F)c2)CC3)C4)C(=O)N1. The van der Waals surface area contributed by atoms with Crippen molar-refractivity contribution in [2.24, 2.45) is 5.41 Å². The molecule has 13 heteroatoms. The first-order valence-electron chi connectivity index (χ1n) is 21.4. The second-order valence-electron chi connectivity index (χ2n) is 17.9. The molecule has 5 heterocycles. The summed E-state index contributed by atoms with van der Waals surface area (Å²) in [5.41, 5.74) is 5.68. The Morgan fingerprint density at radius 2 is 1.39 bits per heavy atom. The number of imide groups is 2. The lowest BCUT2D eigenvalue weighted by molar-refractivity contribution is -0.137. The molecule has 0 aromatic heterocycles. The monoisotopic (exact) mass is 827 g/mol. The number of phenolic OH excluding ortho intramolecular Hbond substituents is 1. The number of phenols is 1. The number of benzene rings is 4. The molecule has 0 saturated carbocycles. The highest BCUT2D eigenvalue weighted by Gasteiger charge is 2.46. The number of aromatic hydroxyl groups is 1. The van der Waals surface area contributed by atoms with Crippen LogP contribution in [0.25, 0.3) is 0 Å². The molecular formula is C48H47F2N5O6. The highest BCUT2D eigenvalue weighted by Crippen LogP contribution is 2.49. The van der Waals surface area contributed by atoms with E-state index in [1.165, 1.54) is 12.1 Å². The van der Waals surface area contributed by atoms with Crippen LogP contribution < -0.4 is 10.2 Å². The van der Waals surface area contributed by atoms with Gasteiger partial charge in [-0.2, -0.15) is 0 Å². The third kappa shape index (κ3) is 6.96. The van der Waals surface area contributed by atoms with E-state index < -0.39 is 47.2 Å². The van der Waals surface area contributed by atoms with Crippen LogP contribution in [0.15, 0.2) is 72.8 Å². The number of carbonyl (C=O) groups is 5. The Bertz CT molecular complexity index is 2430. The van der Waals surface area contributed by atoms with Gasteiger partial charge < -0.3 is 14.9 Å². The topological polar surface area (TPSA) is 131 Å². The third-order valence-corrected chi connectivity index (χ3v) is 14.5.